The number of aromatic nitrogens is 4. The van der Waals surface area contributed by atoms with Gasteiger partial charge in [0.1, 0.15) is 11.2 Å². The van der Waals surface area contributed by atoms with E-state index in [9.17, 15) is 4.79 Å². The van der Waals surface area contributed by atoms with Gasteiger partial charge in [0.2, 0.25) is 0 Å². The normalized spacial score (nSPS) is 11.6. The van der Waals surface area contributed by atoms with Gasteiger partial charge in [-0.15, -0.1) is 0 Å². The number of para-hydroxylation sites is 1. The van der Waals surface area contributed by atoms with E-state index in [2.05, 4.69) is 153 Å². The molecule has 0 fully saturated rings. The largest absolute Gasteiger partial charge is 0.469 e. The number of nitrogens with zero attached hydrogens (tertiary/aromatic N) is 3. The lowest BCUT2D eigenvalue weighted by molar-refractivity contribution is -0.140. The molecule has 0 atom stereocenters. The Morgan fingerprint density at radius 2 is 1.40 bits per heavy atom. The number of rotatable bonds is 9. The summed E-state index contributed by atoms with van der Waals surface area (Å²) in [6, 6.07) is 52.5. The van der Waals surface area contributed by atoms with E-state index in [-0.39, 0.29) is 5.97 Å². The molecule has 0 saturated heterocycles. The van der Waals surface area contributed by atoms with Crippen molar-refractivity contribution < 1.29 is 9.53 Å². The number of H-pyrrole nitrogens is 1. The van der Waals surface area contributed by atoms with E-state index in [1.807, 2.05) is 24.3 Å². The highest BCUT2D eigenvalue weighted by atomic mass is 79.9. The zero-order chi connectivity index (χ0) is 34.1. The Kier molecular flexibility index (Phi) is 8.34. The summed E-state index contributed by atoms with van der Waals surface area (Å²) in [6.07, 6.45) is 0.936. The number of benzene rings is 6. The van der Waals surface area contributed by atoms with Crippen molar-refractivity contribution in [1.82, 2.24) is 19.7 Å². The number of ether oxygens (including phenoxy) is 1. The van der Waals surface area contributed by atoms with Crippen molar-refractivity contribution in [2.75, 3.05) is 7.11 Å². The number of hydrogen-bond acceptors (Lipinski definition) is 4. The monoisotopic (exact) mass is 716 g/mol. The lowest BCUT2D eigenvalue weighted by atomic mass is 9.77. The van der Waals surface area contributed by atoms with Crippen molar-refractivity contribution in [3.63, 3.8) is 0 Å². The van der Waals surface area contributed by atoms with Gasteiger partial charge in [0.05, 0.1) is 23.7 Å². The summed E-state index contributed by atoms with van der Waals surface area (Å²) < 4.78 is 7.99. The lowest BCUT2D eigenvalue weighted by Crippen LogP contribution is -2.38. The van der Waals surface area contributed by atoms with Crippen LogP contribution in [0.4, 0.5) is 0 Å². The second-order valence-electron chi connectivity index (χ2n) is 12.3. The molecule has 6 aromatic carbocycles. The van der Waals surface area contributed by atoms with Crippen molar-refractivity contribution in [2.24, 2.45) is 0 Å². The van der Waals surface area contributed by atoms with Crippen molar-refractivity contribution >= 4 is 43.8 Å². The van der Waals surface area contributed by atoms with Gasteiger partial charge >= 0.3 is 5.97 Å². The maximum absolute atomic E-state index is 11.8. The van der Waals surface area contributed by atoms with Gasteiger partial charge in [0.25, 0.3) is 0 Å². The highest BCUT2D eigenvalue weighted by molar-refractivity contribution is 9.10. The molecule has 6 nitrogen and oxygen atoms in total. The Bertz CT molecular complexity index is 2360. The van der Waals surface area contributed by atoms with E-state index in [1.165, 1.54) is 7.11 Å². The van der Waals surface area contributed by atoms with Gasteiger partial charge in [-0.25, -0.2) is 9.67 Å². The first-order valence-electron chi connectivity index (χ1n) is 16.6. The fourth-order valence-corrected chi connectivity index (χ4v) is 7.41. The van der Waals surface area contributed by atoms with Crippen molar-refractivity contribution in [3.05, 3.63) is 178 Å². The number of aryl methyl sites for hydroxylation is 1. The van der Waals surface area contributed by atoms with E-state index in [1.54, 1.807) is 0 Å². The van der Waals surface area contributed by atoms with Crippen LogP contribution < -0.4 is 0 Å². The van der Waals surface area contributed by atoms with Gasteiger partial charge in [-0.1, -0.05) is 143 Å². The molecule has 50 heavy (non-hydrogen) atoms. The Balaban J connectivity index is 1.36. The van der Waals surface area contributed by atoms with Crippen molar-refractivity contribution in [1.29, 1.82) is 0 Å². The van der Waals surface area contributed by atoms with Crippen molar-refractivity contribution in [3.8, 4) is 22.6 Å². The van der Waals surface area contributed by atoms with Crippen LogP contribution >= 0.6 is 15.9 Å². The van der Waals surface area contributed by atoms with Gasteiger partial charge in [-0.2, -0.15) is 5.10 Å². The quantitative estimate of drug-likeness (QED) is 0.119. The summed E-state index contributed by atoms with van der Waals surface area (Å²) in [6.45, 7) is 0. The minimum atomic E-state index is -0.796. The molecule has 0 spiro atoms. The summed E-state index contributed by atoms with van der Waals surface area (Å²) in [5, 5.41) is 6.49. The van der Waals surface area contributed by atoms with Gasteiger partial charge in [-0.3, -0.25) is 4.79 Å². The number of halogens is 1. The molecule has 0 bridgehead atoms. The Hall–Kier alpha value is -5.79. The number of carbonyl (C=O) groups excluding carboxylic acids is 1. The molecule has 244 valence electrons. The first kappa shape index (κ1) is 31.5. The number of hydrogen-bond donors (Lipinski definition) is 1. The van der Waals surface area contributed by atoms with E-state index in [0.717, 1.165) is 65.5 Å². The molecule has 7 heteroatoms. The molecular formula is C43H33BrN4O2. The number of fused-ring (bicyclic) bond motifs is 2. The molecule has 0 unspecified atom stereocenters. The fourth-order valence-electron chi connectivity index (χ4n) is 7.05. The van der Waals surface area contributed by atoms with Gasteiger partial charge in [-0.05, 0) is 58.5 Å². The van der Waals surface area contributed by atoms with Crippen LogP contribution in [0.15, 0.2) is 156 Å². The third kappa shape index (κ3) is 5.50. The van der Waals surface area contributed by atoms with Crippen LogP contribution in [-0.4, -0.2) is 32.8 Å². The van der Waals surface area contributed by atoms with Crippen LogP contribution in [0.1, 0.15) is 28.7 Å². The first-order chi connectivity index (χ1) is 24.6. The number of carbonyl (C=O) groups is 1. The molecular weight excluding hydrogens is 684 g/mol. The molecule has 8 rings (SSSR count). The predicted octanol–water partition coefficient (Wildman–Crippen LogP) is 9.95. The molecule has 0 radical (unpaired) electrons. The van der Waals surface area contributed by atoms with Gasteiger partial charge in [0.15, 0.2) is 5.82 Å². The zero-order valence-corrected chi connectivity index (χ0v) is 29.0. The summed E-state index contributed by atoms with van der Waals surface area (Å²) in [5.74, 6) is 0.461. The minimum absolute atomic E-state index is 0.219. The topological polar surface area (TPSA) is 72.8 Å². The number of nitrogens with one attached hydrogen (secondary N) is 1. The SMILES string of the molecule is COC(=O)CCc1cccc(-c2cccc3[nH]c(-c4nn(C(c5ccccc5)(c5ccccc5)c5ccccc5)c5ccc(Br)cc45)nc23)c1. The molecule has 0 amide bonds. The van der Waals surface area contributed by atoms with Crippen LogP contribution in [0.3, 0.4) is 0 Å². The van der Waals surface area contributed by atoms with E-state index < -0.39 is 5.54 Å². The summed E-state index contributed by atoms with van der Waals surface area (Å²) in [5.41, 5.74) is 9.07. The summed E-state index contributed by atoms with van der Waals surface area (Å²) in [4.78, 5) is 20.7. The third-order valence-corrected chi connectivity index (χ3v) is 9.85. The lowest BCUT2D eigenvalue weighted by Gasteiger charge is -2.37. The second kappa shape index (κ2) is 13.3. The smallest absolute Gasteiger partial charge is 0.305 e. The highest BCUT2D eigenvalue weighted by Crippen LogP contribution is 2.44. The van der Waals surface area contributed by atoms with Crippen LogP contribution in [-0.2, 0) is 21.5 Å². The van der Waals surface area contributed by atoms with E-state index in [0.29, 0.717) is 18.7 Å². The number of aromatic amines is 1. The predicted molar refractivity (Wildman–Crippen MR) is 203 cm³/mol. The Labute approximate surface area is 298 Å². The molecule has 0 aliphatic heterocycles. The van der Waals surface area contributed by atoms with Crippen LogP contribution in [0.5, 0.6) is 0 Å². The molecule has 0 aliphatic rings. The Morgan fingerprint density at radius 1 is 0.760 bits per heavy atom. The molecule has 2 heterocycles. The average molecular weight is 718 g/mol. The third-order valence-electron chi connectivity index (χ3n) is 9.35. The number of esters is 1. The number of imidazole rings is 1. The summed E-state index contributed by atoms with van der Waals surface area (Å²) >= 11 is 3.75. The maximum Gasteiger partial charge on any atom is 0.305 e. The molecule has 1 N–H and O–H groups in total. The minimum Gasteiger partial charge on any atom is -0.469 e. The maximum atomic E-state index is 11.8. The standard InChI is InChI=1S/C43H33BrN4O2/c1-50-39(49)26-23-29-13-11-14-30(27-29)35-21-12-22-37-40(35)46-42(45-37)41-36-28-34(44)24-25-38(36)48(47-41)43(31-15-5-2-6-16-31,32-17-7-3-8-18-32)33-19-9-4-10-20-33/h2-22,24-25,27-28H,23,26H2,1H3,(H,45,46). The average Bonchev–Trinajstić information content (AvgIpc) is 3.77. The van der Waals surface area contributed by atoms with Crippen LogP contribution in [0.25, 0.3) is 44.6 Å². The van der Waals surface area contributed by atoms with E-state index >= 15 is 0 Å². The summed E-state index contributed by atoms with van der Waals surface area (Å²) in [7, 11) is 1.42. The van der Waals surface area contributed by atoms with Crippen LogP contribution in [0, 0.1) is 0 Å². The molecule has 0 saturated carbocycles. The van der Waals surface area contributed by atoms with E-state index in [4.69, 9.17) is 14.8 Å². The molecule has 0 aliphatic carbocycles. The van der Waals surface area contributed by atoms with Gasteiger partial charge in [0, 0.05) is 21.8 Å². The molecule has 8 aromatic rings. The second-order valence-corrected chi connectivity index (χ2v) is 13.2. The zero-order valence-electron chi connectivity index (χ0n) is 27.4. The van der Waals surface area contributed by atoms with Gasteiger partial charge < -0.3 is 9.72 Å². The first-order valence-corrected chi connectivity index (χ1v) is 17.4. The Morgan fingerprint density at radius 3 is 2.04 bits per heavy atom. The fraction of sp³-hybridized carbons (Fsp3) is 0.0930. The van der Waals surface area contributed by atoms with Crippen molar-refractivity contribution in [2.45, 2.75) is 18.4 Å². The van der Waals surface area contributed by atoms with Crippen LogP contribution in [0.2, 0.25) is 0 Å². The number of methoxy groups -OCH3 is 1. The highest BCUT2D eigenvalue weighted by Gasteiger charge is 2.41. The molecule has 2 aromatic heterocycles.